The Hall–Kier alpha value is -1.22. The van der Waals surface area contributed by atoms with Crippen LogP contribution in [0.2, 0.25) is 0 Å². The lowest BCUT2D eigenvalue weighted by Gasteiger charge is -2.15. The Morgan fingerprint density at radius 2 is 1.05 bits per heavy atom. The molecule has 22 heavy (non-hydrogen) atoms. The molecular formula is C22H32. The molecule has 0 fully saturated rings. The zero-order valence-electron chi connectivity index (χ0n) is 14.2. The van der Waals surface area contributed by atoms with Gasteiger partial charge in [0.1, 0.15) is 0 Å². The Kier molecular flexibility index (Phi) is 8.85. The molecule has 0 aliphatic heterocycles. The Balaban J connectivity index is 2.03. The van der Waals surface area contributed by atoms with Crippen LogP contribution in [-0.2, 0) is 0 Å². The summed E-state index contributed by atoms with van der Waals surface area (Å²) in [5.74, 6) is 6.69. The molecular weight excluding hydrogens is 264 g/mol. The molecule has 2 aliphatic carbocycles. The first kappa shape index (κ1) is 17.1. The molecule has 0 aromatic carbocycles. The second kappa shape index (κ2) is 11.4. The van der Waals surface area contributed by atoms with E-state index in [1.165, 1.54) is 77.0 Å². The van der Waals surface area contributed by atoms with Crippen LogP contribution in [0.25, 0.3) is 0 Å². The van der Waals surface area contributed by atoms with Crippen molar-refractivity contribution >= 4 is 0 Å². The summed E-state index contributed by atoms with van der Waals surface area (Å²) in [6.07, 6.45) is 27.2. The highest BCUT2D eigenvalue weighted by Gasteiger charge is 2.06. The van der Waals surface area contributed by atoms with Gasteiger partial charge in [-0.15, -0.1) is 11.8 Å². The Bertz CT molecular complexity index is 410. The van der Waals surface area contributed by atoms with Crippen LogP contribution < -0.4 is 0 Å². The van der Waals surface area contributed by atoms with Crippen molar-refractivity contribution in [2.75, 3.05) is 0 Å². The molecule has 0 spiro atoms. The minimum Gasteiger partial charge on any atom is -0.103 e. The SMILES string of the molecule is C1#CCCCCC/C2=C(/C/C=C\CC/C=C\C2)CCCCC1. The van der Waals surface area contributed by atoms with Crippen molar-refractivity contribution in [1.82, 2.24) is 0 Å². The van der Waals surface area contributed by atoms with Gasteiger partial charge in [0, 0.05) is 12.8 Å². The van der Waals surface area contributed by atoms with Gasteiger partial charge in [0.05, 0.1) is 0 Å². The molecule has 0 saturated heterocycles. The van der Waals surface area contributed by atoms with Gasteiger partial charge in [-0.1, -0.05) is 48.3 Å². The molecule has 2 aliphatic rings. The molecule has 0 bridgehead atoms. The third-order valence-corrected chi connectivity index (χ3v) is 4.75. The van der Waals surface area contributed by atoms with E-state index in [1.54, 1.807) is 11.1 Å². The largest absolute Gasteiger partial charge is 0.103 e. The van der Waals surface area contributed by atoms with Gasteiger partial charge in [-0.05, 0) is 64.2 Å². The standard InChI is InChI=1S/C22H32/c1-2-4-6-10-14-18-22-20-16-12-8-7-11-15-19-21(22)17-13-9-5-3-1/h11-12,15-16H,3-10,13-14,17-20H2/b15-11-,16-12-,22-21-. The van der Waals surface area contributed by atoms with E-state index < -0.39 is 0 Å². The van der Waals surface area contributed by atoms with Crippen molar-refractivity contribution in [2.45, 2.75) is 89.9 Å². The van der Waals surface area contributed by atoms with E-state index >= 15 is 0 Å². The molecule has 0 aromatic heterocycles. The summed E-state index contributed by atoms with van der Waals surface area (Å²) in [6.45, 7) is 0. The van der Waals surface area contributed by atoms with E-state index in [-0.39, 0.29) is 0 Å². The topological polar surface area (TPSA) is 0 Å². The predicted molar refractivity (Wildman–Crippen MR) is 97.7 cm³/mol. The lowest BCUT2D eigenvalue weighted by Crippen LogP contribution is -1.95. The summed E-state index contributed by atoms with van der Waals surface area (Å²) in [4.78, 5) is 0. The van der Waals surface area contributed by atoms with E-state index in [1.807, 2.05) is 0 Å². The molecule has 0 N–H and O–H groups in total. The predicted octanol–water partition coefficient (Wildman–Crippen LogP) is 6.89. The number of rotatable bonds is 0. The first-order valence-corrected chi connectivity index (χ1v) is 9.42. The normalized spacial score (nSPS) is 28.4. The zero-order valence-corrected chi connectivity index (χ0v) is 14.2. The lowest BCUT2D eigenvalue weighted by molar-refractivity contribution is 0.652. The number of hydrogen-bond acceptors (Lipinski definition) is 0. The molecule has 0 unspecified atom stereocenters. The molecule has 0 saturated carbocycles. The van der Waals surface area contributed by atoms with E-state index in [4.69, 9.17) is 0 Å². The highest BCUT2D eigenvalue weighted by atomic mass is 14.1. The average molecular weight is 296 g/mol. The van der Waals surface area contributed by atoms with Crippen LogP contribution in [0.1, 0.15) is 89.9 Å². The van der Waals surface area contributed by atoms with Crippen molar-refractivity contribution in [1.29, 1.82) is 0 Å². The second-order valence-electron chi connectivity index (χ2n) is 6.61. The molecule has 0 amide bonds. The summed E-state index contributed by atoms with van der Waals surface area (Å²) < 4.78 is 0. The number of hydrogen-bond donors (Lipinski definition) is 0. The van der Waals surface area contributed by atoms with Crippen LogP contribution >= 0.6 is 0 Å². The maximum Gasteiger partial charge on any atom is 0.00886 e. The van der Waals surface area contributed by atoms with Crippen LogP contribution in [0.4, 0.5) is 0 Å². The third kappa shape index (κ3) is 7.17. The molecule has 0 radical (unpaired) electrons. The highest BCUT2D eigenvalue weighted by molar-refractivity contribution is 5.21. The third-order valence-electron chi connectivity index (χ3n) is 4.75. The van der Waals surface area contributed by atoms with Crippen LogP contribution in [0.15, 0.2) is 35.5 Å². The van der Waals surface area contributed by atoms with Crippen molar-refractivity contribution in [2.24, 2.45) is 0 Å². The zero-order chi connectivity index (χ0) is 15.3. The monoisotopic (exact) mass is 296 g/mol. The fourth-order valence-electron chi connectivity index (χ4n) is 3.36. The minimum absolute atomic E-state index is 1.11. The van der Waals surface area contributed by atoms with E-state index in [9.17, 15) is 0 Å². The van der Waals surface area contributed by atoms with Gasteiger partial charge in [-0.3, -0.25) is 0 Å². The average Bonchev–Trinajstić information content (AvgIpc) is 2.54. The van der Waals surface area contributed by atoms with Gasteiger partial charge in [0.15, 0.2) is 0 Å². The Morgan fingerprint density at radius 3 is 1.55 bits per heavy atom. The van der Waals surface area contributed by atoms with Crippen LogP contribution in [-0.4, -0.2) is 0 Å². The van der Waals surface area contributed by atoms with Gasteiger partial charge in [-0.25, -0.2) is 0 Å². The van der Waals surface area contributed by atoms with Gasteiger partial charge in [-0.2, -0.15) is 0 Å². The summed E-state index contributed by atoms with van der Waals surface area (Å²) >= 11 is 0. The van der Waals surface area contributed by atoms with Gasteiger partial charge >= 0.3 is 0 Å². The van der Waals surface area contributed by atoms with Crippen molar-refractivity contribution < 1.29 is 0 Å². The molecule has 120 valence electrons. The molecule has 0 nitrogen and oxygen atoms in total. The molecule has 0 atom stereocenters. The summed E-state index contributed by atoms with van der Waals surface area (Å²) in [6, 6.07) is 0. The van der Waals surface area contributed by atoms with Crippen molar-refractivity contribution in [3.8, 4) is 11.8 Å². The maximum absolute atomic E-state index is 3.35. The fourth-order valence-corrected chi connectivity index (χ4v) is 3.36. The van der Waals surface area contributed by atoms with Crippen molar-refractivity contribution in [3.05, 3.63) is 35.5 Å². The first-order valence-electron chi connectivity index (χ1n) is 9.42. The second-order valence-corrected chi connectivity index (χ2v) is 6.61. The lowest BCUT2D eigenvalue weighted by atomic mass is 9.91. The Labute approximate surface area is 137 Å². The maximum atomic E-state index is 3.35. The number of allylic oxidation sites excluding steroid dienone is 6. The van der Waals surface area contributed by atoms with Gasteiger partial charge in [0.25, 0.3) is 0 Å². The molecule has 0 heterocycles. The van der Waals surface area contributed by atoms with E-state index in [0.717, 1.165) is 12.8 Å². The summed E-state index contributed by atoms with van der Waals surface area (Å²) in [7, 11) is 0. The Morgan fingerprint density at radius 1 is 0.545 bits per heavy atom. The van der Waals surface area contributed by atoms with E-state index in [0.29, 0.717) is 0 Å². The smallest absolute Gasteiger partial charge is 0.00886 e. The van der Waals surface area contributed by atoms with Crippen LogP contribution in [0, 0.1) is 11.8 Å². The fraction of sp³-hybridized carbons (Fsp3) is 0.636. The van der Waals surface area contributed by atoms with Gasteiger partial charge in [0.2, 0.25) is 0 Å². The van der Waals surface area contributed by atoms with E-state index in [2.05, 4.69) is 36.1 Å². The summed E-state index contributed by atoms with van der Waals surface area (Å²) in [5, 5.41) is 0. The van der Waals surface area contributed by atoms with Crippen molar-refractivity contribution in [3.63, 3.8) is 0 Å². The first-order chi connectivity index (χ1) is 11.0. The molecule has 0 heteroatoms. The highest BCUT2D eigenvalue weighted by Crippen LogP contribution is 2.26. The van der Waals surface area contributed by atoms with Crippen LogP contribution in [0.5, 0.6) is 0 Å². The quantitative estimate of drug-likeness (QED) is 0.337. The molecule has 0 aromatic rings. The van der Waals surface area contributed by atoms with Crippen LogP contribution in [0.3, 0.4) is 0 Å². The van der Waals surface area contributed by atoms with Gasteiger partial charge < -0.3 is 0 Å². The summed E-state index contributed by atoms with van der Waals surface area (Å²) in [5.41, 5.74) is 3.48. The minimum atomic E-state index is 1.11. The molecule has 2 rings (SSSR count).